The SMILES string of the molecule is CCN(CC)CCCNc1nn(C(C)(C)CC(C)N)c2ccccc12. The first-order valence-electron chi connectivity index (χ1n) is 9.59. The van der Waals surface area contributed by atoms with Gasteiger partial charge in [0.05, 0.1) is 11.1 Å². The van der Waals surface area contributed by atoms with Crippen LogP contribution in [0.5, 0.6) is 0 Å². The molecule has 3 N–H and O–H groups in total. The van der Waals surface area contributed by atoms with E-state index in [0.717, 1.165) is 44.8 Å². The topological polar surface area (TPSA) is 59.1 Å². The second-order valence-electron chi connectivity index (χ2n) is 7.58. The van der Waals surface area contributed by atoms with E-state index >= 15 is 0 Å². The number of hydrogen-bond donors (Lipinski definition) is 2. The summed E-state index contributed by atoms with van der Waals surface area (Å²) in [5.41, 5.74) is 7.11. The van der Waals surface area contributed by atoms with Crippen LogP contribution in [0, 0.1) is 0 Å². The molecule has 25 heavy (non-hydrogen) atoms. The molecule has 2 aromatic rings. The van der Waals surface area contributed by atoms with Crippen LogP contribution in [-0.2, 0) is 5.54 Å². The quantitative estimate of drug-likeness (QED) is 0.645. The molecule has 0 aliphatic carbocycles. The zero-order valence-corrected chi connectivity index (χ0v) is 16.5. The molecule has 0 aliphatic heterocycles. The van der Waals surface area contributed by atoms with Gasteiger partial charge in [0.2, 0.25) is 0 Å². The molecule has 1 aromatic heterocycles. The second-order valence-corrected chi connectivity index (χ2v) is 7.58. The lowest BCUT2D eigenvalue weighted by Crippen LogP contribution is -2.34. The molecule has 0 fully saturated rings. The lowest BCUT2D eigenvalue weighted by molar-refractivity contribution is 0.287. The third kappa shape index (κ3) is 4.95. The number of hydrogen-bond acceptors (Lipinski definition) is 4. The van der Waals surface area contributed by atoms with E-state index in [0.29, 0.717) is 0 Å². The van der Waals surface area contributed by atoms with E-state index in [4.69, 9.17) is 10.8 Å². The van der Waals surface area contributed by atoms with Gasteiger partial charge in [-0.25, -0.2) is 0 Å². The van der Waals surface area contributed by atoms with Gasteiger partial charge >= 0.3 is 0 Å². The Morgan fingerprint density at radius 1 is 1.24 bits per heavy atom. The van der Waals surface area contributed by atoms with E-state index in [1.165, 1.54) is 10.9 Å². The first-order valence-corrected chi connectivity index (χ1v) is 9.59. The van der Waals surface area contributed by atoms with Crippen LogP contribution in [0.4, 0.5) is 5.82 Å². The highest BCUT2D eigenvalue weighted by Crippen LogP contribution is 2.30. The Hall–Kier alpha value is -1.59. The van der Waals surface area contributed by atoms with Crippen molar-refractivity contribution in [2.75, 3.05) is 31.5 Å². The maximum atomic E-state index is 6.06. The van der Waals surface area contributed by atoms with Crippen LogP contribution in [0.2, 0.25) is 0 Å². The molecule has 1 aromatic carbocycles. The molecule has 1 unspecified atom stereocenters. The Morgan fingerprint density at radius 3 is 2.56 bits per heavy atom. The minimum atomic E-state index is -0.116. The van der Waals surface area contributed by atoms with E-state index in [2.05, 4.69) is 73.8 Å². The maximum absolute atomic E-state index is 6.06. The Kier molecular flexibility index (Phi) is 6.85. The summed E-state index contributed by atoms with van der Waals surface area (Å²) in [4.78, 5) is 2.45. The molecule has 2 rings (SSSR count). The van der Waals surface area contributed by atoms with Gasteiger partial charge in [-0.05, 0) is 65.4 Å². The van der Waals surface area contributed by atoms with Gasteiger partial charge in [0, 0.05) is 18.0 Å². The molecule has 5 nitrogen and oxygen atoms in total. The molecule has 0 radical (unpaired) electrons. The highest BCUT2D eigenvalue weighted by atomic mass is 15.4. The van der Waals surface area contributed by atoms with Gasteiger partial charge in [-0.3, -0.25) is 4.68 Å². The van der Waals surface area contributed by atoms with Crippen LogP contribution in [0.1, 0.15) is 47.5 Å². The van der Waals surface area contributed by atoms with Gasteiger partial charge in [0.1, 0.15) is 0 Å². The van der Waals surface area contributed by atoms with Gasteiger partial charge in [0.25, 0.3) is 0 Å². The first kappa shape index (κ1) is 19.7. The van der Waals surface area contributed by atoms with Crippen LogP contribution in [0.15, 0.2) is 24.3 Å². The minimum Gasteiger partial charge on any atom is -0.368 e. The number of nitrogens with zero attached hydrogens (tertiary/aromatic N) is 3. The summed E-state index contributed by atoms with van der Waals surface area (Å²) in [7, 11) is 0. The monoisotopic (exact) mass is 345 g/mol. The van der Waals surface area contributed by atoms with Crippen molar-refractivity contribution in [3.8, 4) is 0 Å². The fourth-order valence-corrected chi connectivity index (χ4v) is 3.58. The van der Waals surface area contributed by atoms with Crippen LogP contribution >= 0.6 is 0 Å². The first-order chi connectivity index (χ1) is 11.9. The number of benzene rings is 1. The predicted octanol–water partition coefficient (Wildman–Crippen LogP) is 3.65. The average Bonchev–Trinajstić information content (AvgIpc) is 2.94. The van der Waals surface area contributed by atoms with Gasteiger partial charge in [-0.15, -0.1) is 0 Å². The third-order valence-electron chi connectivity index (χ3n) is 4.82. The van der Waals surface area contributed by atoms with Crippen molar-refractivity contribution in [3.05, 3.63) is 24.3 Å². The lowest BCUT2D eigenvalue weighted by atomic mass is 9.96. The van der Waals surface area contributed by atoms with Crippen LogP contribution < -0.4 is 11.1 Å². The van der Waals surface area contributed by atoms with E-state index in [-0.39, 0.29) is 11.6 Å². The van der Waals surface area contributed by atoms with Crippen molar-refractivity contribution in [1.29, 1.82) is 0 Å². The molecular weight excluding hydrogens is 310 g/mol. The van der Waals surface area contributed by atoms with Gasteiger partial charge < -0.3 is 16.0 Å². The van der Waals surface area contributed by atoms with Crippen molar-refractivity contribution < 1.29 is 0 Å². The Morgan fingerprint density at radius 2 is 1.92 bits per heavy atom. The molecular formula is C20H35N5. The van der Waals surface area contributed by atoms with Gasteiger partial charge in [-0.2, -0.15) is 5.10 Å². The summed E-state index contributed by atoms with van der Waals surface area (Å²) < 4.78 is 2.14. The average molecular weight is 346 g/mol. The van der Waals surface area contributed by atoms with Crippen molar-refractivity contribution in [1.82, 2.24) is 14.7 Å². The molecule has 0 spiro atoms. The zero-order valence-electron chi connectivity index (χ0n) is 16.5. The zero-order chi connectivity index (χ0) is 18.4. The second kappa shape index (κ2) is 8.68. The van der Waals surface area contributed by atoms with Crippen molar-refractivity contribution in [3.63, 3.8) is 0 Å². The number of rotatable bonds is 10. The number of anilines is 1. The van der Waals surface area contributed by atoms with E-state index in [9.17, 15) is 0 Å². The normalized spacial score (nSPS) is 13.6. The minimum absolute atomic E-state index is 0.116. The molecule has 140 valence electrons. The van der Waals surface area contributed by atoms with Crippen molar-refractivity contribution in [2.24, 2.45) is 5.73 Å². The van der Waals surface area contributed by atoms with Crippen molar-refractivity contribution >= 4 is 16.7 Å². The molecule has 0 aliphatic rings. The molecule has 1 heterocycles. The number of fused-ring (bicyclic) bond motifs is 1. The van der Waals surface area contributed by atoms with Crippen LogP contribution in [0.3, 0.4) is 0 Å². The highest BCUT2D eigenvalue weighted by molar-refractivity contribution is 5.90. The third-order valence-corrected chi connectivity index (χ3v) is 4.82. The van der Waals surface area contributed by atoms with Gasteiger partial charge in [-0.1, -0.05) is 26.0 Å². The molecule has 0 saturated heterocycles. The lowest BCUT2D eigenvalue weighted by Gasteiger charge is -2.28. The smallest absolute Gasteiger partial charge is 0.156 e. The fraction of sp³-hybridized carbons (Fsp3) is 0.650. The predicted molar refractivity (Wildman–Crippen MR) is 108 cm³/mol. The Balaban J connectivity index is 2.15. The number of nitrogens with one attached hydrogen (secondary N) is 1. The highest BCUT2D eigenvalue weighted by Gasteiger charge is 2.26. The number of nitrogens with two attached hydrogens (primary N) is 1. The molecule has 0 saturated carbocycles. The summed E-state index contributed by atoms with van der Waals surface area (Å²) in [6.45, 7) is 15.2. The van der Waals surface area contributed by atoms with Crippen molar-refractivity contribution in [2.45, 2.75) is 59.0 Å². The Bertz CT molecular complexity index is 655. The number of para-hydroxylation sites is 1. The molecule has 5 heteroatoms. The fourth-order valence-electron chi connectivity index (χ4n) is 3.58. The standard InChI is InChI=1S/C20H35N5/c1-6-24(7-2)14-10-13-22-19-17-11-8-9-12-18(17)25(23-19)20(4,5)15-16(3)21/h8-9,11-12,16H,6-7,10,13-15,21H2,1-5H3,(H,22,23). The maximum Gasteiger partial charge on any atom is 0.156 e. The number of aromatic nitrogens is 2. The summed E-state index contributed by atoms with van der Waals surface area (Å²) in [6.07, 6.45) is 2.01. The Labute approximate surface area is 152 Å². The summed E-state index contributed by atoms with van der Waals surface area (Å²) in [5, 5.41) is 9.64. The van der Waals surface area contributed by atoms with E-state index < -0.39 is 0 Å². The molecule has 1 atom stereocenters. The largest absolute Gasteiger partial charge is 0.368 e. The van der Waals surface area contributed by atoms with E-state index in [1.807, 2.05) is 0 Å². The van der Waals surface area contributed by atoms with E-state index in [1.54, 1.807) is 0 Å². The summed E-state index contributed by atoms with van der Waals surface area (Å²) in [6, 6.07) is 8.59. The van der Waals surface area contributed by atoms with Crippen LogP contribution in [-0.4, -0.2) is 46.9 Å². The molecule has 0 bridgehead atoms. The summed E-state index contributed by atoms with van der Waals surface area (Å²) in [5.74, 6) is 0.980. The van der Waals surface area contributed by atoms with Crippen LogP contribution in [0.25, 0.3) is 10.9 Å². The summed E-state index contributed by atoms with van der Waals surface area (Å²) >= 11 is 0. The molecule has 0 amide bonds. The van der Waals surface area contributed by atoms with Gasteiger partial charge in [0.15, 0.2) is 5.82 Å².